The molecule has 2 heterocycles. The van der Waals surface area contributed by atoms with E-state index < -0.39 is 0 Å². The van der Waals surface area contributed by atoms with Crippen LogP contribution in [0.1, 0.15) is 43.8 Å². The molecule has 3 rings (SSSR count). The molecule has 0 bridgehead atoms. The second-order valence-electron chi connectivity index (χ2n) is 6.81. The fourth-order valence-electron chi connectivity index (χ4n) is 2.61. The molecule has 2 aromatic rings. The third-order valence-corrected chi connectivity index (χ3v) is 4.74. The lowest BCUT2D eigenvalue weighted by atomic mass is 9.96. The van der Waals surface area contributed by atoms with Gasteiger partial charge < -0.3 is 9.64 Å². The lowest BCUT2D eigenvalue weighted by molar-refractivity contribution is 0.0394. The summed E-state index contributed by atoms with van der Waals surface area (Å²) in [6.45, 7) is 11.0. The van der Waals surface area contributed by atoms with Crippen LogP contribution in [0.25, 0.3) is 0 Å². The summed E-state index contributed by atoms with van der Waals surface area (Å²) >= 11 is 1.49. The number of ether oxygens (including phenoxy) is 1. The van der Waals surface area contributed by atoms with E-state index in [1.165, 1.54) is 22.7 Å². The summed E-state index contributed by atoms with van der Waals surface area (Å²) in [5.74, 6) is 0.923. The maximum Gasteiger partial charge on any atom is 0.205 e. The molecule has 0 spiro atoms. The van der Waals surface area contributed by atoms with Gasteiger partial charge in [0.2, 0.25) is 5.13 Å². The Morgan fingerprint density at radius 2 is 2.05 bits per heavy atom. The molecule has 0 amide bonds. The first kappa shape index (κ1) is 15.4. The van der Waals surface area contributed by atoms with Gasteiger partial charge in [0.15, 0.2) is 0 Å². The van der Waals surface area contributed by atoms with Gasteiger partial charge in [0, 0.05) is 23.5 Å². The largest absolute Gasteiger partial charge is 0.370 e. The van der Waals surface area contributed by atoms with Crippen LogP contribution >= 0.6 is 11.5 Å². The quantitative estimate of drug-likeness (QED) is 0.846. The summed E-state index contributed by atoms with van der Waals surface area (Å²) in [6.07, 6.45) is 0.108. The van der Waals surface area contributed by atoms with E-state index in [9.17, 15) is 0 Å². The monoisotopic (exact) mass is 317 g/mol. The lowest BCUT2D eigenvalue weighted by Crippen LogP contribution is -2.38. The Morgan fingerprint density at radius 3 is 2.73 bits per heavy atom. The second-order valence-corrected chi connectivity index (χ2v) is 7.54. The van der Waals surface area contributed by atoms with E-state index in [1.807, 2.05) is 0 Å². The van der Waals surface area contributed by atoms with E-state index in [0.717, 1.165) is 30.7 Å². The average Bonchev–Trinajstić information content (AvgIpc) is 2.98. The van der Waals surface area contributed by atoms with Gasteiger partial charge in [0.1, 0.15) is 11.9 Å². The van der Waals surface area contributed by atoms with Gasteiger partial charge in [0.25, 0.3) is 0 Å². The second kappa shape index (κ2) is 5.97. The number of nitrogens with zero attached hydrogens (tertiary/aromatic N) is 3. The van der Waals surface area contributed by atoms with Gasteiger partial charge in [-0.15, -0.1) is 0 Å². The van der Waals surface area contributed by atoms with Crippen LogP contribution in [0.2, 0.25) is 0 Å². The summed E-state index contributed by atoms with van der Waals surface area (Å²) in [4.78, 5) is 7.03. The zero-order valence-electron chi connectivity index (χ0n) is 13.7. The zero-order chi connectivity index (χ0) is 15.7. The highest BCUT2D eigenvalue weighted by Gasteiger charge is 2.27. The summed E-state index contributed by atoms with van der Waals surface area (Å²) in [5, 5.41) is 1.01. The predicted octanol–water partition coefficient (Wildman–Crippen LogP) is 3.72. The first-order valence-electron chi connectivity index (χ1n) is 7.71. The van der Waals surface area contributed by atoms with Crippen LogP contribution in [0.4, 0.5) is 5.13 Å². The van der Waals surface area contributed by atoms with Gasteiger partial charge in [-0.3, -0.25) is 0 Å². The van der Waals surface area contributed by atoms with Gasteiger partial charge >= 0.3 is 0 Å². The van der Waals surface area contributed by atoms with Gasteiger partial charge in [0.05, 0.1) is 13.2 Å². The standard InChI is InChI=1S/C17H23N3OS/c1-12-7-5-6-8-13(12)14-11-20(9-10-21-14)16-18-15(19-22-16)17(2,3)4/h5-8,14H,9-11H2,1-4H3. The van der Waals surface area contributed by atoms with E-state index in [4.69, 9.17) is 9.72 Å². The highest BCUT2D eigenvalue weighted by atomic mass is 32.1. The van der Waals surface area contributed by atoms with Crippen LogP contribution in [0, 0.1) is 6.92 Å². The Morgan fingerprint density at radius 1 is 1.27 bits per heavy atom. The molecule has 1 aromatic heterocycles. The molecule has 4 nitrogen and oxygen atoms in total. The number of morpholine rings is 1. The maximum absolute atomic E-state index is 5.99. The Hall–Kier alpha value is -1.46. The minimum atomic E-state index is -0.00352. The molecule has 5 heteroatoms. The van der Waals surface area contributed by atoms with Crippen molar-refractivity contribution < 1.29 is 4.74 Å². The number of hydrogen-bond donors (Lipinski definition) is 0. The van der Waals surface area contributed by atoms with Crippen LogP contribution in [-0.2, 0) is 10.2 Å². The number of anilines is 1. The first-order valence-corrected chi connectivity index (χ1v) is 8.49. The maximum atomic E-state index is 5.99. The Labute approximate surface area is 136 Å². The van der Waals surface area contributed by atoms with Crippen molar-refractivity contribution in [2.24, 2.45) is 0 Å². The number of benzene rings is 1. The van der Waals surface area contributed by atoms with Crippen molar-refractivity contribution in [1.82, 2.24) is 9.36 Å². The fourth-order valence-corrected chi connectivity index (χ4v) is 3.50. The number of aromatic nitrogens is 2. The van der Waals surface area contributed by atoms with Gasteiger partial charge in [-0.2, -0.15) is 4.37 Å². The van der Waals surface area contributed by atoms with E-state index >= 15 is 0 Å². The SMILES string of the molecule is Cc1ccccc1C1CN(c2nc(C(C)(C)C)ns2)CCO1. The van der Waals surface area contributed by atoms with Crippen molar-refractivity contribution in [2.75, 3.05) is 24.6 Å². The third-order valence-electron chi connectivity index (χ3n) is 3.96. The predicted molar refractivity (Wildman–Crippen MR) is 90.7 cm³/mol. The Kier molecular flexibility index (Phi) is 4.19. The molecule has 1 atom stereocenters. The summed E-state index contributed by atoms with van der Waals surface area (Å²) in [6, 6.07) is 8.44. The molecular formula is C17H23N3OS. The van der Waals surface area contributed by atoms with E-state index in [-0.39, 0.29) is 11.5 Å². The van der Waals surface area contributed by atoms with Crippen molar-refractivity contribution in [3.05, 3.63) is 41.2 Å². The zero-order valence-corrected chi connectivity index (χ0v) is 14.5. The Balaban J connectivity index is 1.79. The molecule has 1 aromatic carbocycles. The number of rotatable bonds is 2. The molecule has 118 valence electrons. The average molecular weight is 317 g/mol. The minimum absolute atomic E-state index is 0.00352. The van der Waals surface area contributed by atoms with E-state index in [1.54, 1.807) is 0 Å². The van der Waals surface area contributed by atoms with Crippen molar-refractivity contribution in [1.29, 1.82) is 0 Å². The van der Waals surface area contributed by atoms with Gasteiger partial charge in [-0.25, -0.2) is 4.98 Å². The highest BCUT2D eigenvalue weighted by molar-refractivity contribution is 7.09. The molecule has 1 unspecified atom stereocenters. The normalized spacial score (nSPS) is 19.5. The van der Waals surface area contributed by atoms with Crippen LogP contribution < -0.4 is 4.90 Å². The third kappa shape index (κ3) is 3.15. The molecule has 0 N–H and O–H groups in total. The fraction of sp³-hybridized carbons (Fsp3) is 0.529. The molecule has 0 saturated carbocycles. The van der Waals surface area contributed by atoms with Crippen molar-refractivity contribution in [2.45, 2.75) is 39.2 Å². The van der Waals surface area contributed by atoms with Crippen LogP contribution in [0.15, 0.2) is 24.3 Å². The lowest BCUT2D eigenvalue weighted by Gasteiger charge is -2.33. The highest BCUT2D eigenvalue weighted by Crippen LogP contribution is 2.30. The molecule has 0 radical (unpaired) electrons. The topological polar surface area (TPSA) is 38.2 Å². The van der Waals surface area contributed by atoms with Gasteiger partial charge in [-0.1, -0.05) is 45.0 Å². The first-order chi connectivity index (χ1) is 10.4. The Bertz CT molecular complexity index is 647. The van der Waals surface area contributed by atoms with E-state index in [0.29, 0.717) is 0 Å². The van der Waals surface area contributed by atoms with Crippen molar-refractivity contribution in [3.63, 3.8) is 0 Å². The molecule has 22 heavy (non-hydrogen) atoms. The summed E-state index contributed by atoms with van der Waals surface area (Å²) in [7, 11) is 0. The molecule has 1 aliphatic heterocycles. The van der Waals surface area contributed by atoms with Crippen LogP contribution in [0.5, 0.6) is 0 Å². The van der Waals surface area contributed by atoms with E-state index in [2.05, 4.69) is 61.2 Å². The summed E-state index contributed by atoms with van der Waals surface area (Å²) in [5.41, 5.74) is 2.55. The molecule has 1 aliphatic rings. The smallest absolute Gasteiger partial charge is 0.205 e. The number of hydrogen-bond acceptors (Lipinski definition) is 5. The molecule has 0 aliphatic carbocycles. The minimum Gasteiger partial charge on any atom is -0.370 e. The van der Waals surface area contributed by atoms with Crippen molar-refractivity contribution in [3.8, 4) is 0 Å². The van der Waals surface area contributed by atoms with Crippen LogP contribution in [0.3, 0.4) is 0 Å². The van der Waals surface area contributed by atoms with Gasteiger partial charge in [-0.05, 0) is 18.1 Å². The molecule has 1 saturated heterocycles. The number of aryl methyl sites for hydroxylation is 1. The van der Waals surface area contributed by atoms with Crippen molar-refractivity contribution >= 4 is 16.7 Å². The molecular weight excluding hydrogens is 294 g/mol. The molecule has 1 fully saturated rings. The summed E-state index contributed by atoms with van der Waals surface area (Å²) < 4.78 is 10.5. The van der Waals surface area contributed by atoms with Crippen LogP contribution in [-0.4, -0.2) is 29.1 Å².